The van der Waals surface area contributed by atoms with Crippen LogP contribution in [0.4, 0.5) is 10.1 Å². The number of fused-ring (bicyclic) bond motifs is 3. The lowest BCUT2D eigenvalue weighted by Gasteiger charge is -2.55. The molecule has 3 aliphatic carbocycles. The van der Waals surface area contributed by atoms with Crippen LogP contribution in [0.15, 0.2) is 23.0 Å². The number of amides is 1. The number of primary amides is 1. The quantitative estimate of drug-likeness (QED) is 0.247. The van der Waals surface area contributed by atoms with Gasteiger partial charge in [0, 0.05) is 42.6 Å². The number of carbonyl (C=O) groups is 3. The average molecular weight is 504 g/mol. The van der Waals surface area contributed by atoms with Crippen LogP contribution in [-0.4, -0.2) is 75.6 Å². The highest BCUT2D eigenvalue weighted by atomic mass is 19.1. The van der Waals surface area contributed by atoms with Gasteiger partial charge in [0.15, 0.2) is 11.4 Å². The fourth-order valence-corrected chi connectivity index (χ4v) is 6.26. The lowest BCUT2D eigenvalue weighted by atomic mass is 9.51. The molecule has 0 bridgehead atoms. The summed E-state index contributed by atoms with van der Waals surface area (Å²) < 4.78 is 15.0. The lowest BCUT2D eigenvalue weighted by molar-refractivity contribution is -0.166. The van der Waals surface area contributed by atoms with Gasteiger partial charge in [-0.3, -0.25) is 14.4 Å². The molecule has 4 rings (SSSR count). The van der Waals surface area contributed by atoms with Gasteiger partial charge >= 0.3 is 0 Å². The molecule has 0 spiro atoms. The first-order chi connectivity index (χ1) is 16.8. The minimum atomic E-state index is -2.75. The molecule has 0 radical (unpaired) electrons. The van der Waals surface area contributed by atoms with Gasteiger partial charge < -0.3 is 36.4 Å². The Morgan fingerprint density at radius 1 is 1.31 bits per heavy atom. The monoisotopic (exact) mass is 503 g/mol. The lowest BCUT2D eigenvalue weighted by Crippen LogP contribution is -2.67. The van der Waals surface area contributed by atoms with E-state index in [0.717, 1.165) is 12.5 Å². The van der Waals surface area contributed by atoms with E-state index in [9.17, 15) is 34.8 Å². The fourth-order valence-electron chi connectivity index (χ4n) is 6.26. The molecule has 1 unspecified atom stereocenters. The fraction of sp³-hybridized carbons (Fsp3) is 0.480. The number of aliphatic hydroxyl groups excluding tert-OH is 2. The van der Waals surface area contributed by atoms with Crippen molar-refractivity contribution in [3.8, 4) is 5.75 Å². The maximum atomic E-state index is 15.0. The molecular formula is C25H30FN3O7. The Labute approximate surface area is 206 Å². The number of aromatic hydroxyl groups is 1. The van der Waals surface area contributed by atoms with E-state index in [4.69, 9.17) is 5.73 Å². The van der Waals surface area contributed by atoms with Crippen molar-refractivity contribution in [3.05, 3.63) is 39.9 Å². The highest BCUT2D eigenvalue weighted by Gasteiger charge is 2.68. The van der Waals surface area contributed by atoms with E-state index >= 15 is 4.39 Å². The van der Waals surface area contributed by atoms with E-state index in [1.165, 1.54) is 7.05 Å². The number of aliphatic hydroxyl groups is 3. The zero-order valence-corrected chi connectivity index (χ0v) is 20.3. The molecule has 7 N–H and O–H groups in total. The van der Waals surface area contributed by atoms with Crippen LogP contribution in [0, 0.1) is 17.2 Å². The molecule has 1 saturated carbocycles. The molecule has 11 heteroatoms. The van der Waals surface area contributed by atoms with Crippen molar-refractivity contribution in [3.63, 3.8) is 0 Å². The number of nitrogens with one attached hydrogen (secondary N) is 1. The maximum absolute atomic E-state index is 15.0. The summed E-state index contributed by atoms with van der Waals surface area (Å²) in [4.78, 5) is 40.7. The number of hydrogen-bond acceptors (Lipinski definition) is 9. The Kier molecular flexibility index (Phi) is 6.12. The van der Waals surface area contributed by atoms with Crippen molar-refractivity contribution in [2.24, 2.45) is 17.1 Å². The predicted octanol–water partition coefficient (Wildman–Crippen LogP) is 1.32. The Hall–Kier alpha value is -3.44. The van der Waals surface area contributed by atoms with E-state index in [1.54, 1.807) is 11.9 Å². The largest absolute Gasteiger partial charge is 0.508 e. The summed E-state index contributed by atoms with van der Waals surface area (Å²) in [6.45, 7) is 2.46. The van der Waals surface area contributed by atoms with Gasteiger partial charge in [0.2, 0.25) is 5.78 Å². The van der Waals surface area contributed by atoms with Crippen LogP contribution < -0.4 is 11.1 Å². The van der Waals surface area contributed by atoms with E-state index in [1.807, 2.05) is 6.92 Å². The van der Waals surface area contributed by atoms with E-state index < -0.39 is 69.5 Å². The highest BCUT2D eigenvalue weighted by molar-refractivity contribution is 6.23. The molecule has 1 fully saturated rings. The van der Waals surface area contributed by atoms with Crippen molar-refractivity contribution in [2.45, 2.75) is 38.2 Å². The van der Waals surface area contributed by atoms with Gasteiger partial charge in [0.1, 0.15) is 28.7 Å². The topological polar surface area (TPSA) is 173 Å². The smallest absolute Gasteiger partial charge is 0.255 e. The molecule has 1 amide bonds. The zero-order chi connectivity index (χ0) is 26.7. The number of anilines is 1. The van der Waals surface area contributed by atoms with Crippen molar-refractivity contribution < 1.29 is 39.2 Å². The molecule has 3 atom stereocenters. The summed E-state index contributed by atoms with van der Waals surface area (Å²) in [6, 6.07) is 1.08. The molecule has 36 heavy (non-hydrogen) atoms. The molecule has 0 aromatic heterocycles. The number of benzene rings is 1. The molecule has 3 aliphatic rings. The van der Waals surface area contributed by atoms with Crippen molar-refractivity contribution in [1.29, 1.82) is 0 Å². The standard InChI is InChI=1S/C25H30FN3O7/c1-4-5-29(3)10-24-8-11-6-12-13(26)7-14(28-2)19(31)17(12)20(32)16(11)21(33)25(24,36)22(34)18(23(27)35)15(30)9-24/h7,11,28,31-32,34,36H,4-6,8-10H2,1-3H3,(H2,27,35)/t11?,24-,25-/m0/s1. The van der Waals surface area contributed by atoms with Crippen LogP contribution in [-0.2, 0) is 20.8 Å². The van der Waals surface area contributed by atoms with E-state index in [2.05, 4.69) is 5.32 Å². The number of phenols is 1. The third-order valence-electron chi connectivity index (χ3n) is 7.73. The molecule has 1 aromatic rings. The summed E-state index contributed by atoms with van der Waals surface area (Å²) in [7, 11) is 3.17. The summed E-state index contributed by atoms with van der Waals surface area (Å²) in [5.41, 5.74) is -0.513. The number of halogens is 1. The second kappa shape index (κ2) is 8.59. The van der Waals surface area contributed by atoms with Gasteiger partial charge in [-0.2, -0.15) is 0 Å². The number of ketones is 2. The third-order valence-corrected chi connectivity index (χ3v) is 7.73. The molecule has 0 heterocycles. The van der Waals surface area contributed by atoms with Crippen molar-refractivity contribution in [1.82, 2.24) is 4.90 Å². The second-order valence-corrected chi connectivity index (χ2v) is 9.97. The predicted molar refractivity (Wildman–Crippen MR) is 128 cm³/mol. The number of hydrogen-bond donors (Lipinski definition) is 6. The minimum Gasteiger partial charge on any atom is -0.508 e. The summed E-state index contributed by atoms with van der Waals surface area (Å²) in [5, 5.41) is 47.4. The molecule has 0 aliphatic heterocycles. The molecule has 194 valence electrons. The van der Waals surface area contributed by atoms with Crippen LogP contribution in [0.2, 0.25) is 0 Å². The number of phenolic OH excluding ortho intramolecular Hbond substituents is 1. The first-order valence-electron chi connectivity index (χ1n) is 11.7. The van der Waals surface area contributed by atoms with Crippen LogP contribution in [0.5, 0.6) is 5.75 Å². The van der Waals surface area contributed by atoms with Gasteiger partial charge in [-0.1, -0.05) is 6.92 Å². The average Bonchev–Trinajstić information content (AvgIpc) is 2.78. The van der Waals surface area contributed by atoms with E-state index in [-0.39, 0.29) is 41.8 Å². The second-order valence-electron chi connectivity index (χ2n) is 9.97. The molecule has 0 saturated heterocycles. The minimum absolute atomic E-state index is 0.00521. The first-order valence-corrected chi connectivity index (χ1v) is 11.7. The highest BCUT2D eigenvalue weighted by Crippen LogP contribution is 2.58. The number of carbonyl (C=O) groups excluding carboxylic acids is 3. The van der Waals surface area contributed by atoms with Crippen LogP contribution >= 0.6 is 0 Å². The Balaban J connectivity index is 2.00. The Morgan fingerprint density at radius 2 is 1.97 bits per heavy atom. The third kappa shape index (κ3) is 3.33. The normalized spacial score (nSPS) is 27.7. The first kappa shape index (κ1) is 25.6. The zero-order valence-electron chi connectivity index (χ0n) is 20.3. The van der Waals surface area contributed by atoms with Crippen molar-refractivity contribution in [2.75, 3.05) is 32.5 Å². The van der Waals surface area contributed by atoms with Crippen molar-refractivity contribution >= 4 is 28.9 Å². The maximum Gasteiger partial charge on any atom is 0.255 e. The van der Waals surface area contributed by atoms with Gasteiger partial charge in [-0.05, 0) is 38.8 Å². The Bertz CT molecular complexity index is 1260. The van der Waals surface area contributed by atoms with Gasteiger partial charge in [0.25, 0.3) is 5.91 Å². The molecular weight excluding hydrogens is 473 g/mol. The van der Waals surface area contributed by atoms with Crippen LogP contribution in [0.25, 0.3) is 5.76 Å². The van der Waals surface area contributed by atoms with Crippen LogP contribution in [0.1, 0.15) is 37.3 Å². The summed E-state index contributed by atoms with van der Waals surface area (Å²) in [6.07, 6.45) is 0.0796. The molecule has 1 aromatic carbocycles. The van der Waals surface area contributed by atoms with Crippen LogP contribution in [0.3, 0.4) is 0 Å². The van der Waals surface area contributed by atoms with Gasteiger partial charge in [-0.15, -0.1) is 0 Å². The number of rotatable bonds is 6. The SMILES string of the molecule is CCCN(C)C[C@]12CC(=O)C(C(N)=O)=C(O)[C@@]1(O)C(=O)C1=C(O)c3c(O)c(NC)cc(F)c3CC1C2. The van der Waals surface area contributed by atoms with E-state index in [0.29, 0.717) is 6.54 Å². The van der Waals surface area contributed by atoms with Gasteiger partial charge in [0.05, 0.1) is 11.3 Å². The number of nitrogens with zero attached hydrogens (tertiary/aromatic N) is 1. The number of nitrogens with two attached hydrogens (primary N) is 1. The van der Waals surface area contributed by atoms with Gasteiger partial charge in [-0.25, -0.2) is 4.39 Å². The molecule has 10 nitrogen and oxygen atoms in total. The number of Topliss-reactive ketones (excluding diaryl/α,β-unsaturated/α-hetero) is 2. The Morgan fingerprint density at radius 3 is 2.56 bits per heavy atom. The summed E-state index contributed by atoms with van der Waals surface area (Å²) >= 11 is 0. The summed E-state index contributed by atoms with van der Waals surface area (Å²) in [5.74, 6) is -7.11.